The molecule has 3 aromatic carbocycles. The summed E-state index contributed by atoms with van der Waals surface area (Å²) < 4.78 is 21.7. The van der Waals surface area contributed by atoms with Crippen molar-refractivity contribution in [1.82, 2.24) is 24.1 Å². The van der Waals surface area contributed by atoms with E-state index < -0.39 is 0 Å². The number of nitrogens with zero attached hydrogens (tertiary/aromatic N) is 6. The van der Waals surface area contributed by atoms with Crippen LogP contribution < -0.4 is 14.4 Å². The molecular weight excluding hydrogens is 720 g/mol. The molecule has 2 amide bonds. The van der Waals surface area contributed by atoms with Gasteiger partial charge < -0.3 is 28.8 Å². The number of carbonyl (C=O) groups is 2. The number of phenols is 1. The molecule has 0 radical (unpaired) electrons. The van der Waals surface area contributed by atoms with Crippen LogP contribution in [0.5, 0.6) is 17.2 Å². The summed E-state index contributed by atoms with van der Waals surface area (Å²) in [7, 11) is 1.81. The number of rotatable bonds is 7. The van der Waals surface area contributed by atoms with Crippen LogP contribution in [-0.2, 0) is 37.7 Å². The van der Waals surface area contributed by atoms with Gasteiger partial charge in [0, 0.05) is 74.6 Å². The van der Waals surface area contributed by atoms with Gasteiger partial charge >= 0.3 is 0 Å². The van der Waals surface area contributed by atoms with E-state index >= 15 is 4.79 Å². The van der Waals surface area contributed by atoms with Crippen molar-refractivity contribution in [2.45, 2.75) is 44.8 Å². The molecule has 1 saturated heterocycles. The second kappa shape index (κ2) is 15.4. The Hall–Kier alpha value is -5.30. The molecule has 4 aliphatic rings. The molecule has 13 heteroatoms. The number of aryl methyl sites for hydroxylation is 1. The first-order valence-electron chi connectivity index (χ1n) is 18.9. The molecule has 6 heterocycles. The third-order valence-electron chi connectivity index (χ3n) is 11.1. The summed E-state index contributed by atoms with van der Waals surface area (Å²) in [4.78, 5) is 36.2. The number of aromatic nitrogens is 3. The number of amides is 2. The lowest BCUT2D eigenvalue weighted by molar-refractivity contribution is 0.0193. The maximum atomic E-state index is 15.2. The van der Waals surface area contributed by atoms with E-state index in [0.717, 1.165) is 62.3 Å². The number of aromatic hydroxyl groups is 1. The number of carbonyl (C=O) groups excluding carboxylic acids is 2. The summed E-state index contributed by atoms with van der Waals surface area (Å²) >= 11 is 0. The molecule has 4 aliphatic heterocycles. The van der Waals surface area contributed by atoms with Gasteiger partial charge in [-0.3, -0.25) is 24.1 Å². The maximum Gasteiger partial charge on any atom is 0.264 e. The lowest BCUT2D eigenvalue weighted by Gasteiger charge is -2.41. The lowest BCUT2D eigenvalue weighted by Crippen LogP contribution is -2.52. The van der Waals surface area contributed by atoms with Crippen LogP contribution in [0.25, 0.3) is 11.3 Å². The predicted octanol–water partition coefficient (Wildman–Crippen LogP) is 6.00. The first-order valence-corrected chi connectivity index (χ1v) is 18.9. The maximum absolute atomic E-state index is 15.2. The highest BCUT2D eigenvalue weighted by molar-refractivity contribution is 6.12. The van der Waals surface area contributed by atoms with Crippen molar-refractivity contribution in [2.24, 2.45) is 7.05 Å². The fraction of sp³-hybridized carbons (Fsp3) is 0.357. The minimum atomic E-state index is -0.214. The second-order valence-electron chi connectivity index (χ2n) is 14.5. The first-order chi connectivity index (χ1) is 26.4. The number of hydrogen-bond donors (Lipinski definition) is 1. The number of phenolic OH excluding ortho intramolecular Hbond substituents is 1. The predicted molar refractivity (Wildman–Crippen MR) is 210 cm³/mol. The molecule has 0 spiro atoms. The Kier molecular flexibility index (Phi) is 10.3. The van der Waals surface area contributed by atoms with E-state index in [9.17, 15) is 9.90 Å². The van der Waals surface area contributed by atoms with Gasteiger partial charge in [0.1, 0.15) is 19.0 Å². The van der Waals surface area contributed by atoms with Crippen LogP contribution in [-0.4, -0.2) is 93.2 Å². The van der Waals surface area contributed by atoms with Gasteiger partial charge in [0.05, 0.1) is 36.2 Å². The lowest BCUT2D eigenvalue weighted by atomic mass is 9.92. The molecule has 1 fully saturated rings. The number of hydrogen-bond acceptors (Lipinski definition) is 8. The van der Waals surface area contributed by atoms with Gasteiger partial charge in [-0.1, -0.05) is 24.3 Å². The molecule has 12 nitrogen and oxygen atoms in total. The van der Waals surface area contributed by atoms with Gasteiger partial charge in [0.15, 0.2) is 11.5 Å². The minimum Gasteiger partial charge on any atom is -0.508 e. The van der Waals surface area contributed by atoms with Crippen LogP contribution >= 0.6 is 12.4 Å². The normalized spacial score (nSPS) is 17.8. The Labute approximate surface area is 326 Å². The average molecular weight is 765 g/mol. The van der Waals surface area contributed by atoms with E-state index in [1.165, 1.54) is 5.56 Å². The zero-order chi connectivity index (χ0) is 36.8. The monoisotopic (exact) mass is 764 g/mol. The molecular formula is C42H45ClN6O6. The van der Waals surface area contributed by atoms with Gasteiger partial charge in [-0.05, 0) is 79.3 Å². The van der Waals surface area contributed by atoms with E-state index in [1.54, 1.807) is 46.2 Å². The van der Waals surface area contributed by atoms with Crippen LogP contribution in [0.2, 0.25) is 0 Å². The second-order valence-corrected chi connectivity index (χ2v) is 14.5. The largest absolute Gasteiger partial charge is 0.508 e. The minimum absolute atomic E-state index is 0. The van der Waals surface area contributed by atoms with Gasteiger partial charge in [0.25, 0.3) is 11.8 Å². The Balaban J connectivity index is 0.00000427. The van der Waals surface area contributed by atoms with E-state index in [4.69, 9.17) is 14.2 Å². The van der Waals surface area contributed by atoms with E-state index in [2.05, 4.69) is 32.8 Å². The number of benzene rings is 3. The van der Waals surface area contributed by atoms with E-state index in [1.807, 2.05) is 36.2 Å². The van der Waals surface area contributed by atoms with E-state index in [0.29, 0.717) is 79.1 Å². The number of anilines is 2. The molecule has 2 aromatic heterocycles. The van der Waals surface area contributed by atoms with Gasteiger partial charge in [-0.15, -0.1) is 12.4 Å². The summed E-state index contributed by atoms with van der Waals surface area (Å²) in [6, 6.07) is 20.7. The summed E-state index contributed by atoms with van der Waals surface area (Å²) in [5.41, 5.74) is 7.18. The summed E-state index contributed by atoms with van der Waals surface area (Å²) in [5, 5.41) is 14.4. The van der Waals surface area contributed by atoms with Crippen molar-refractivity contribution < 1.29 is 28.9 Å². The van der Waals surface area contributed by atoms with Crippen molar-refractivity contribution in [3.8, 4) is 28.5 Å². The quantitative estimate of drug-likeness (QED) is 0.215. The standard InChI is InChI=1S/C42H44N6O6.ClH/c1-44-26-32(24-43-44)48(30-9-11-33(49)12-10-30)42(51)36-21-38(46-13-5-4-8-37(36)46)34-22-39-40(54-19-18-53-39)23-35(34)41(50)47-25-29-7-3-2-6-28(29)20-31(47)27-45-14-16-52-17-15-45;/h2-3,6-7,9-12,21-24,26,31,49H,4-5,8,13-20,25,27H2,1H3;1H/t31-;/m0./s1. The third-order valence-corrected chi connectivity index (χ3v) is 11.1. The van der Waals surface area contributed by atoms with Crippen molar-refractivity contribution >= 4 is 35.6 Å². The van der Waals surface area contributed by atoms with Crippen LogP contribution in [0.15, 0.2) is 79.1 Å². The number of morpholine rings is 1. The first kappa shape index (κ1) is 36.7. The molecule has 1 N–H and O–H groups in total. The number of ether oxygens (including phenoxy) is 3. The molecule has 0 bridgehead atoms. The molecule has 0 aliphatic carbocycles. The molecule has 9 rings (SSSR count). The Morgan fingerprint density at radius 3 is 2.36 bits per heavy atom. The van der Waals surface area contributed by atoms with Gasteiger partial charge in [-0.25, -0.2) is 0 Å². The highest BCUT2D eigenvalue weighted by Crippen LogP contribution is 2.42. The number of halogens is 1. The van der Waals surface area contributed by atoms with Crippen LogP contribution in [0.3, 0.4) is 0 Å². The fourth-order valence-corrected chi connectivity index (χ4v) is 8.42. The third kappa shape index (κ3) is 7.05. The SMILES string of the molecule is Cl.Cn1cc(N(C(=O)c2cc(-c3cc4c(cc3C(=O)N3Cc5ccccc5C[C@H]3CN3CCOCC3)OCCO4)n3c2CCCC3)c2ccc(O)cc2)cn1. The van der Waals surface area contributed by atoms with Gasteiger partial charge in [-0.2, -0.15) is 5.10 Å². The Morgan fingerprint density at radius 1 is 0.873 bits per heavy atom. The van der Waals surface area contributed by atoms with Gasteiger partial charge in [0.2, 0.25) is 0 Å². The summed E-state index contributed by atoms with van der Waals surface area (Å²) in [5.74, 6) is 0.958. The summed E-state index contributed by atoms with van der Waals surface area (Å²) in [6.07, 6.45) is 6.84. The molecule has 5 aromatic rings. The molecule has 286 valence electrons. The molecule has 1 atom stereocenters. The number of fused-ring (bicyclic) bond motifs is 3. The Bertz CT molecular complexity index is 2210. The Morgan fingerprint density at radius 2 is 1.62 bits per heavy atom. The van der Waals surface area contributed by atoms with Crippen molar-refractivity contribution in [3.63, 3.8) is 0 Å². The highest BCUT2D eigenvalue weighted by Gasteiger charge is 2.36. The smallest absolute Gasteiger partial charge is 0.264 e. The average Bonchev–Trinajstić information content (AvgIpc) is 3.81. The zero-order valence-electron chi connectivity index (χ0n) is 30.9. The molecule has 55 heavy (non-hydrogen) atoms. The fourth-order valence-electron chi connectivity index (χ4n) is 8.42. The van der Waals surface area contributed by atoms with Crippen molar-refractivity contribution in [3.05, 3.63) is 107 Å². The van der Waals surface area contributed by atoms with Crippen molar-refractivity contribution in [2.75, 3.05) is 51.0 Å². The van der Waals surface area contributed by atoms with Crippen LogP contribution in [0.1, 0.15) is 50.4 Å². The molecule has 0 saturated carbocycles. The zero-order valence-corrected chi connectivity index (χ0v) is 31.7. The van der Waals surface area contributed by atoms with E-state index in [-0.39, 0.29) is 36.0 Å². The topological polar surface area (TPSA) is 115 Å². The van der Waals surface area contributed by atoms with Crippen molar-refractivity contribution in [1.29, 1.82) is 0 Å². The molecule has 0 unspecified atom stereocenters. The highest BCUT2D eigenvalue weighted by atomic mass is 35.5. The van der Waals surface area contributed by atoms with Crippen LogP contribution in [0.4, 0.5) is 11.4 Å². The summed E-state index contributed by atoms with van der Waals surface area (Å²) in [6.45, 7) is 5.83. The van der Waals surface area contributed by atoms with Crippen LogP contribution in [0, 0.1) is 0 Å².